The molecule has 0 aliphatic carbocycles. The molecule has 0 atom stereocenters. The van der Waals surface area contributed by atoms with E-state index in [2.05, 4.69) is 77.6 Å². The van der Waals surface area contributed by atoms with Gasteiger partial charge in [0.05, 0.1) is 11.4 Å². The van der Waals surface area contributed by atoms with Crippen LogP contribution in [-0.4, -0.2) is 15.0 Å². The molecule has 0 aliphatic heterocycles. The Morgan fingerprint density at radius 1 is 0.750 bits per heavy atom. The first-order valence-corrected chi connectivity index (χ1v) is 9.34. The lowest BCUT2D eigenvalue weighted by Gasteiger charge is -2.08. The third-order valence-electron chi connectivity index (χ3n) is 5.08. The Hall–Kier alpha value is -3.72. The van der Waals surface area contributed by atoms with Crippen molar-refractivity contribution in [3.63, 3.8) is 0 Å². The van der Waals surface area contributed by atoms with Crippen molar-refractivity contribution < 1.29 is 0 Å². The molecular weight excluding hydrogens is 342 g/mol. The maximum atomic E-state index is 4.74. The summed E-state index contributed by atoms with van der Waals surface area (Å²) in [6.07, 6.45) is 5.51. The zero-order valence-electron chi connectivity index (χ0n) is 15.6. The van der Waals surface area contributed by atoms with Crippen molar-refractivity contribution in [1.29, 1.82) is 0 Å². The smallest absolute Gasteiger partial charge is 0.0949 e. The summed E-state index contributed by atoms with van der Waals surface area (Å²) >= 11 is 0. The highest BCUT2D eigenvalue weighted by atomic mass is 14.8. The molecular formula is C25H19N3. The van der Waals surface area contributed by atoms with E-state index in [0.717, 1.165) is 33.6 Å². The van der Waals surface area contributed by atoms with Crippen LogP contribution in [-0.2, 0) is 0 Å². The molecule has 0 radical (unpaired) electrons. The highest BCUT2D eigenvalue weighted by molar-refractivity contribution is 5.98. The number of fused-ring (bicyclic) bond motifs is 1. The molecule has 0 fully saturated rings. The lowest BCUT2D eigenvalue weighted by atomic mass is 10.00. The van der Waals surface area contributed by atoms with Gasteiger partial charge in [-0.3, -0.25) is 9.97 Å². The van der Waals surface area contributed by atoms with Crippen LogP contribution in [0, 0.1) is 6.92 Å². The fourth-order valence-electron chi connectivity index (χ4n) is 3.61. The quantitative estimate of drug-likeness (QED) is 0.411. The second-order valence-corrected chi connectivity index (χ2v) is 6.95. The van der Waals surface area contributed by atoms with Gasteiger partial charge in [0.1, 0.15) is 0 Å². The van der Waals surface area contributed by atoms with Crippen LogP contribution < -0.4 is 0 Å². The molecule has 2 aromatic carbocycles. The minimum absolute atomic E-state index is 0.967. The molecule has 0 bridgehead atoms. The number of H-pyrrole nitrogens is 1. The summed E-state index contributed by atoms with van der Waals surface area (Å²) < 4.78 is 0. The van der Waals surface area contributed by atoms with Gasteiger partial charge in [-0.15, -0.1) is 0 Å². The number of hydrogen-bond donors (Lipinski definition) is 1. The zero-order valence-corrected chi connectivity index (χ0v) is 15.6. The average molecular weight is 361 g/mol. The molecule has 0 amide bonds. The first kappa shape index (κ1) is 16.5. The molecule has 0 spiro atoms. The Kier molecular flexibility index (Phi) is 3.99. The number of aromatic amines is 1. The minimum Gasteiger partial charge on any atom is -0.353 e. The van der Waals surface area contributed by atoms with Gasteiger partial charge < -0.3 is 4.98 Å². The van der Waals surface area contributed by atoms with Gasteiger partial charge in [-0.2, -0.15) is 0 Å². The molecule has 0 saturated heterocycles. The van der Waals surface area contributed by atoms with Gasteiger partial charge in [0.2, 0.25) is 0 Å². The Morgan fingerprint density at radius 3 is 2.36 bits per heavy atom. The van der Waals surface area contributed by atoms with Gasteiger partial charge in [0.15, 0.2) is 0 Å². The van der Waals surface area contributed by atoms with E-state index in [0.29, 0.717) is 0 Å². The van der Waals surface area contributed by atoms with Crippen LogP contribution in [0.2, 0.25) is 0 Å². The predicted molar refractivity (Wildman–Crippen MR) is 115 cm³/mol. The Balaban J connectivity index is 1.78. The molecule has 5 rings (SSSR count). The van der Waals surface area contributed by atoms with Crippen LogP contribution in [0.1, 0.15) is 5.56 Å². The van der Waals surface area contributed by atoms with Crippen LogP contribution in [0.25, 0.3) is 44.5 Å². The SMILES string of the molecule is Cc1ccc(-c2cc(-c3ccncc3)[nH]c2-c2nccc3ccccc23)cc1. The Labute approximate surface area is 163 Å². The third-order valence-corrected chi connectivity index (χ3v) is 5.08. The van der Waals surface area contributed by atoms with E-state index in [4.69, 9.17) is 4.98 Å². The molecule has 1 N–H and O–H groups in total. The molecule has 3 heterocycles. The standard InChI is InChI=1S/C25H19N3/c1-17-6-8-19(9-7-17)22-16-23(20-10-13-26-14-11-20)28-25(22)24-21-5-3-2-4-18(21)12-15-27-24/h2-16,28H,1H3. The summed E-state index contributed by atoms with van der Waals surface area (Å²) in [5, 5.41) is 2.32. The monoisotopic (exact) mass is 361 g/mol. The van der Waals surface area contributed by atoms with Crippen molar-refractivity contribution in [3.8, 4) is 33.8 Å². The van der Waals surface area contributed by atoms with E-state index in [1.54, 1.807) is 0 Å². The Bertz CT molecular complexity index is 1250. The van der Waals surface area contributed by atoms with Gasteiger partial charge >= 0.3 is 0 Å². The first-order valence-electron chi connectivity index (χ1n) is 9.34. The first-order chi connectivity index (χ1) is 13.8. The average Bonchev–Trinajstić information content (AvgIpc) is 3.20. The Morgan fingerprint density at radius 2 is 1.54 bits per heavy atom. The number of nitrogens with zero attached hydrogens (tertiary/aromatic N) is 2. The van der Waals surface area contributed by atoms with E-state index in [1.165, 1.54) is 16.5 Å². The van der Waals surface area contributed by atoms with E-state index < -0.39 is 0 Å². The van der Waals surface area contributed by atoms with E-state index in [9.17, 15) is 0 Å². The molecule has 3 nitrogen and oxygen atoms in total. The molecule has 0 aliphatic rings. The summed E-state index contributed by atoms with van der Waals surface area (Å²) in [5.41, 5.74) is 7.74. The molecule has 0 unspecified atom stereocenters. The topological polar surface area (TPSA) is 41.6 Å². The summed E-state index contributed by atoms with van der Waals surface area (Å²) in [6.45, 7) is 2.11. The van der Waals surface area contributed by atoms with Gasteiger partial charge in [0, 0.05) is 40.8 Å². The molecule has 3 aromatic heterocycles. The number of aryl methyl sites for hydroxylation is 1. The number of rotatable bonds is 3. The molecule has 0 saturated carbocycles. The van der Waals surface area contributed by atoms with Crippen LogP contribution in [0.4, 0.5) is 0 Å². The normalized spacial score (nSPS) is 11.0. The second kappa shape index (κ2) is 6.78. The zero-order chi connectivity index (χ0) is 18.9. The maximum Gasteiger partial charge on any atom is 0.0949 e. The maximum absolute atomic E-state index is 4.74. The van der Waals surface area contributed by atoms with Crippen LogP contribution >= 0.6 is 0 Å². The van der Waals surface area contributed by atoms with E-state index in [1.807, 2.05) is 30.7 Å². The third kappa shape index (κ3) is 2.87. The molecule has 28 heavy (non-hydrogen) atoms. The van der Waals surface area contributed by atoms with Crippen molar-refractivity contribution in [2.24, 2.45) is 0 Å². The predicted octanol–water partition coefficient (Wildman–Crippen LogP) is 6.27. The fraction of sp³-hybridized carbons (Fsp3) is 0.0400. The molecule has 5 aromatic rings. The fourth-order valence-corrected chi connectivity index (χ4v) is 3.61. The van der Waals surface area contributed by atoms with Crippen molar-refractivity contribution in [2.45, 2.75) is 6.92 Å². The number of nitrogens with one attached hydrogen (secondary N) is 1. The summed E-state index contributed by atoms with van der Waals surface area (Å²) in [4.78, 5) is 12.5. The number of hydrogen-bond acceptors (Lipinski definition) is 2. The van der Waals surface area contributed by atoms with Gasteiger partial charge in [-0.1, -0.05) is 54.1 Å². The largest absolute Gasteiger partial charge is 0.353 e. The summed E-state index contributed by atoms with van der Waals surface area (Å²) in [6, 6.07) is 25.3. The van der Waals surface area contributed by atoms with Crippen molar-refractivity contribution in [2.75, 3.05) is 0 Å². The summed E-state index contributed by atoms with van der Waals surface area (Å²) in [7, 11) is 0. The molecule has 3 heteroatoms. The number of aromatic nitrogens is 3. The van der Waals surface area contributed by atoms with Gasteiger partial charge in [-0.25, -0.2) is 0 Å². The van der Waals surface area contributed by atoms with E-state index in [-0.39, 0.29) is 0 Å². The van der Waals surface area contributed by atoms with E-state index >= 15 is 0 Å². The van der Waals surface area contributed by atoms with Crippen LogP contribution in [0.3, 0.4) is 0 Å². The minimum atomic E-state index is 0.967. The lowest BCUT2D eigenvalue weighted by Crippen LogP contribution is -1.89. The van der Waals surface area contributed by atoms with Crippen molar-refractivity contribution >= 4 is 10.8 Å². The van der Waals surface area contributed by atoms with Crippen molar-refractivity contribution in [1.82, 2.24) is 15.0 Å². The second-order valence-electron chi connectivity index (χ2n) is 6.95. The molecule has 134 valence electrons. The lowest BCUT2D eigenvalue weighted by molar-refractivity contribution is 1.29. The van der Waals surface area contributed by atoms with Gasteiger partial charge in [0.25, 0.3) is 0 Å². The van der Waals surface area contributed by atoms with Crippen LogP contribution in [0.5, 0.6) is 0 Å². The highest BCUT2D eigenvalue weighted by Gasteiger charge is 2.16. The van der Waals surface area contributed by atoms with Crippen molar-refractivity contribution in [3.05, 3.63) is 97.0 Å². The van der Waals surface area contributed by atoms with Gasteiger partial charge in [-0.05, 0) is 42.1 Å². The summed E-state index contributed by atoms with van der Waals surface area (Å²) in [5.74, 6) is 0. The highest BCUT2D eigenvalue weighted by Crippen LogP contribution is 2.37. The number of pyridine rings is 2. The number of benzene rings is 2. The van der Waals surface area contributed by atoms with Crippen LogP contribution in [0.15, 0.2) is 91.4 Å².